The van der Waals surface area contributed by atoms with Crippen molar-refractivity contribution in [3.05, 3.63) is 29.3 Å². The molecule has 2 aliphatic rings. The zero-order valence-corrected chi connectivity index (χ0v) is 17.7. The van der Waals surface area contributed by atoms with Gasteiger partial charge in [0.15, 0.2) is 5.69 Å². The highest BCUT2D eigenvalue weighted by Gasteiger charge is 2.37. The lowest BCUT2D eigenvalue weighted by molar-refractivity contribution is -0.141. The topological polar surface area (TPSA) is 94.3 Å². The second kappa shape index (κ2) is 8.93. The van der Waals surface area contributed by atoms with E-state index in [1.807, 2.05) is 6.92 Å². The molecule has 2 fully saturated rings. The first-order chi connectivity index (χ1) is 15.3. The van der Waals surface area contributed by atoms with E-state index in [1.165, 1.54) is 15.6 Å². The normalized spacial score (nSPS) is 16.9. The van der Waals surface area contributed by atoms with E-state index in [4.69, 9.17) is 4.74 Å². The number of rotatable bonds is 7. The Bertz CT molecular complexity index is 989. The van der Waals surface area contributed by atoms with Crippen LogP contribution in [0.1, 0.15) is 54.0 Å². The summed E-state index contributed by atoms with van der Waals surface area (Å²) in [7, 11) is 0. The monoisotopic (exact) mass is 454 g/mol. The van der Waals surface area contributed by atoms with E-state index in [-0.39, 0.29) is 36.2 Å². The van der Waals surface area contributed by atoms with Crippen LogP contribution in [0.4, 0.5) is 18.9 Å². The van der Waals surface area contributed by atoms with Gasteiger partial charge in [0.25, 0.3) is 5.91 Å². The molecule has 9 nitrogen and oxygen atoms in total. The number of alkyl halides is 3. The van der Waals surface area contributed by atoms with Gasteiger partial charge in [-0.1, -0.05) is 0 Å². The van der Waals surface area contributed by atoms with Crippen molar-refractivity contribution in [2.75, 3.05) is 31.6 Å². The minimum atomic E-state index is -4.53. The molecule has 0 aromatic carbocycles. The summed E-state index contributed by atoms with van der Waals surface area (Å²) in [5.41, 5.74) is 0.126. The predicted molar refractivity (Wildman–Crippen MR) is 107 cm³/mol. The minimum absolute atomic E-state index is 0.0163. The number of nitrogens with one attached hydrogen (secondary N) is 1. The van der Waals surface area contributed by atoms with Gasteiger partial charge < -0.3 is 15.0 Å². The van der Waals surface area contributed by atoms with Crippen LogP contribution in [0.5, 0.6) is 0 Å². The number of anilines is 1. The third kappa shape index (κ3) is 4.79. The fraction of sp³-hybridized carbons (Fsp3) is 0.600. The first kappa shape index (κ1) is 22.3. The molecule has 1 saturated heterocycles. The first-order valence-electron chi connectivity index (χ1n) is 10.7. The quantitative estimate of drug-likeness (QED) is 0.694. The molecule has 32 heavy (non-hydrogen) atoms. The molecule has 4 rings (SSSR count). The van der Waals surface area contributed by atoms with Crippen LogP contribution in [-0.4, -0.2) is 62.6 Å². The SMILES string of the molecule is CCn1ncc(NC(=O)CCn2nc(C(F)(F)F)cc2C2CC2)c1C(=O)N1CCOCC1. The van der Waals surface area contributed by atoms with E-state index >= 15 is 0 Å². The average molecular weight is 454 g/mol. The molecule has 2 aromatic heterocycles. The molecular weight excluding hydrogens is 429 g/mol. The maximum Gasteiger partial charge on any atom is 0.435 e. The van der Waals surface area contributed by atoms with Crippen molar-refractivity contribution < 1.29 is 27.5 Å². The van der Waals surface area contributed by atoms with Gasteiger partial charge in [-0.25, -0.2) is 0 Å². The van der Waals surface area contributed by atoms with Gasteiger partial charge in [-0.2, -0.15) is 23.4 Å². The highest BCUT2D eigenvalue weighted by Crippen LogP contribution is 2.42. The minimum Gasteiger partial charge on any atom is -0.378 e. The fourth-order valence-electron chi connectivity index (χ4n) is 3.74. The highest BCUT2D eigenvalue weighted by atomic mass is 19.4. The number of nitrogens with zero attached hydrogens (tertiary/aromatic N) is 5. The Hall–Kier alpha value is -2.89. The van der Waals surface area contributed by atoms with Gasteiger partial charge in [-0.05, 0) is 25.8 Å². The van der Waals surface area contributed by atoms with Gasteiger partial charge in [0.1, 0.15) is 5.69 Å². The van der Waals surface area contributed by atoms with Gasteiger partial charge in [-0.3, -0.25) is 19.0 Å². The molecular formula is C20H25F3N6O3. The van der Waals surface area contributed by atoms with Crippen LogP contribution in [0.15, 0.2) is 12.3 Å². The summed E-state index contributed by atoms with van der Waals surface area (Å²) in [6, 6.07) is 1.07. The van der Waals surface area contributed by atoms with Gasteiger partial charge >= 0.3 is 6.18 Å². The summed E-state index contributed by atoms with van der Waals surface area (Å²) in [4.78, 5) is 27.2. The van der Waals surface area contributed by atoms with E-state index in [1.54, 1.807) is 4.90 Å². The molecule has 2 aromatic rings. The number of morpholine rings is 1. The van der Waals surface area contributed by atoms with Gasteiger partial charge in [0.2, 0.25) is 5.91 Å². The summed E-state index contributed by atoms with van der Waals surface area (Å²) in [6.07, 6.45) is -1.56. The number of carbonyl (C=O) groups excluding carboxylic acids is 2. The molecule has 174 valence electrons. The van der Waals surface area contributed by atoms with E-state index in [0.29, 0.717) is 38.5 Å². The van der Waals surface area contributed by atoms with Crippen LogP contribution in [0.2, 0.25) is 0 Å². The van der Waals surface area contributed by atoms with Crippen molar-refractivity contribution in [3.63, 3.8) is 0 Å². The Kier molecular flexibility index (Phi) is 6.22. The van der Waals surface area contributed by atoms with Crippen molar-refractivity contribution in [2.45, 2.75) is 51.4 Å². The highest BCUT2D eigenvalue weighted by molar-refractivity contribution is 6.02. The van der Waals surface area contributed by atoms with Gasteiger partial charge in [-0.15, -0.1) is 0 Å². The Morgan fingerprint density at radius 1 is 1.22 bits per heavy atom. The predicted octanol–water partition coefficient (Wildman–Crippen LogP) is 2.50. The molecule has 3 heterocycles. The lowest BCUT2D eigenvalue weighted by Crippen LogP contribution is -2.41. The molecule has 2 amide bonds. The molecule has 1 N–H and O–H groups in total. The molecule has 0 radical (unpaired) electrons. The van der Waals surface area contributed by atoms with E-state index in [2.05, 4.69) is 15.5 Å². The number of aryl methyl sites for hydroxylation is 2. The van der Waals surface area contributed by atoms with Gasteiger partial charge in [0.05, 0.1) is 25.1 Å². The maximum absolute atomic E-state index is 13.1. The molecule has 1 aliphatic heterocycles. The number of hydrogen-bond acceptors (Lipinski definition) is 5. The number of carbonyl (C=O) groups is 2. The van der Waals surface area contributed by atoms with Crippen molar-refractivity contribution in [2.24, 2.45) is 0 Å². The van der Waals surface area contributed by atoms with E-state index < -0.39 is 17.8 Å². The smallest absolute Gasteiger partial charge is 0.378 e. The van der Waals surface area contributed by atoms with Crippen molar-refractivity contribution in [1.29, 1.82) is 0 Å². The molecule has 1 aliphatic carbocycles. The van der Waals surface area contributed by atoms with Crippen LogP contribution in [0, 0.1) is 0 Å². The third-order valence-electron chi connectivity index (χ3n) is 5.56. The second-order valence-electron chi connectivity index (χ2n) is 7.87. The summed E-state index contributed by atoms with van der Waals surface area (Å²) < 4.78 is 47.2. The zero-order valence-electron chi connectivity index (χ0n) is 17.7. The first-order valence-corrected chi connectivity index (χ1v) is 10.7. The molecule has 1 saturated carbocycles. The third-order valence-corrected chi connectivity index (χ3v) is 5.56. The van der Waals surface area contributed by atoms with E-state index in [9.17, 15) is 22.8 Å². The van der Waals surface area contributed by atoms with Crippen molar-refractivity contribution in [3.8, 4) is 0 Å². The number of halogens is 3. The molecule has 12 heteroatoms. The number of hydrogen-bond donors (Lipinski definition) is 1. The number of amides is 2. The van der Waals surface area contributed by atoms with Crippen LogP contribution in [-0.2, 0) is 28.8 Å². The Morgan fingerprint density at radius 2 is 1.94 bits per heavy atom. The summed E-state index contributed by atoms with van der Waals surface area (Å²) in [6.45, 7) is 4.09. The summed E-state index contributed by atoms with van der Waals surface area (Å²) in [5, 5.41) is 10.5. The second-order valence-corrected chi connectivity index (χ2v) is 7.87. The average Bonchev–Trinajstić information content (AvgIpc) is 3.38. The molecule has 0 unspecified atom stereocenters. The van der Waals surface area contributed by atoms with E-state index in [0.717, 1.165) is 18.9 Å². The molecule has 0 bridgehead atoms. The molecule has 0 spiro atoms. The van der Waals surface area contributed by atoms with Crippen LogP contribution in [0.3, 0.4) is 0 Å². The maximum atomic E-state index is 13.1. The number of ether oxygens (including phenoxy) is 1. The largest absolute Gasteiger partial charge is 0.435 e. The Morgan fingerprint density at radius 3 is 2.56 bits per heavy atom. The standard InChI is InChI=1S/C20H25F3N6O3/c1-2-28-18(19(31)27-7-9-32-10-8-27)14(12-24-28)25-17(30)5-6-29-15(13-3-4-13)11-16(26-29)20(21,22)23/h11-13H,2-10H2,1H3,(H,25,30). The Balaban J connectivity index is 1.44. The Labute approximate surface area is 182 Å². The van der Waals surface area contributed by atoms with Crippen molar-refractivity contribution >= 4 is 17.5 Å². The van der Waals surface area contributed by atoms with Crippen LogP contribution in [0.25, 0.3) is 0 Å². The lowest BCUT2D eigenvalue weighted by atomic mass is 10.2. The fourth-order valence-corrected chi connectivity index (χ4v) is 3.74. The lowest BCUT2D eigenvalue weighted by Gasteiger charge is -2.27. The van der Waals surface area contributed by atoms with Crippen LogP contribution < -0.4 is 5.32 Å². The molecule has 0 atom stereocenters. The zero-order chi connectivity index (χ0) is 22.9. The summed E-state index contributed by atoms with van der Waals surface area (Å²) in [5.74, 6) is -0.620. The summed E-state index contributed by atoms with van der Waals surface area (Å²) >= 11 is 0. The van der Waals surface area contributed by atoms with Crippen molar-refractivity contribution in [1.82, 2.24) is 24.5 Å². The van der Waals surface area contributed by atoms with Gasteiger partial charge in [0, 0.05) is 44.2 Å². The number of aromatic nitrogens is 4. The van der Waals surface area contributed by atoms with Crippen LogP contribution >= 0.6 is 0 Å².